The van der Waals surface area contributed by atoms with Crippen molar-refractivity contribution in [1.82, 2.24) is 0 Å². The average molecular weight is 341 g/mol. The van der Waals surface area contributed by atoms with Crippen LogP contribution in [0.4, 0.5) is 0 Å². The number of rotatable bonds is 7. The molecule has 0 aromatic heterocycles. The van der Waals surface area contributed by atoms with Crippen LogP contribution < -0.4 is 10.4 Å². The Kier molecular flexibility index (Phi) is 6.55. The molecule has 0 heterocycles. The second-order valence-corrected chi connectivity index (χ2v) is 11.3. The molecule has 3 heteroatoms. The van der Waals surface area contributed by atoms with Gasteiger partial charge in [-0.1, -0.05) is 93.6 Å². The maximum Gasteiger partial charge on any atom is 0.261 e. The first-order valence-corrected chi connectivity index (χ1v) is 10.4. The van der Waals surface area contributed by atoms with Crippen LogP contribution in [0.25, 0.3) is 0 Å². The second-order valence-electron chi connectivity index (χ2n) is 6.95. The number of hydrogen-bond donors (Lipinski definition) is 1. The van der Waals surface area contributed by atoms with Crippen molar-refractivity contribution < 1.29 is 9.53 Å². The lowest BCUT2D eigenvalue weighted by molar-refractivity contribution is 0.303. The molecule has 0 atom stereocenters. The lowest BCUT2D eigenvalue weighted by atomic mass is 10.2. The number of aliphatic hydroxyl groups is 1. The van der Waals surface area contributed by atoms with Gasteiger partial charge in [0.1, 0.15) is 0 Å². The minimum Gasteiger partial charge on any atom is -0.407 e. The first-order chi connectivity index (χ1) is 11.5. The Hall–Kier alpha value is -1.68. The maximum absolute atomic E-state index is 8.89. The molecule has 0 saturated heterocycles. The van der Waals surface area contributed by atoms with Crippen molar-refractivity contribution in [2.24, 2.45) is 0 Å². The van der Waals surface area contributed by atoms with Gasteiger partial charge in [-0.3, -0.25) is 0 Å². The monoisotopic (exact) mass is 340 g/mol. The third-order valence-electron chi connectivity index (χ3n) is 4.29. The Labute approximate surface area is 146 Å². The van der Waals surface area contributed by atoms with E-state index in [1.807, 2.05) is 6.08 Å². The SMILES string of the molecule is CC(C)(C)[Si](OCC/C=C\CO)(c1ccccc1)c1ccccc1. The van der Waals surface area contributed by atoms with E-state index in [2.05, 4.69) is 81.4 Å². The van der Waals surface area contributed by atoms with Crippen molar-refractivity contribution in [2.45, 2.75) is 32.2 Å². The Balaban J connectivity index is 2.47. The summed E-state index contributed by atoms with van der Waals surface area (Å²) in [7, 11) is -2.41. The highest BCUT2D eigenvalue weighted by Gasteiger charge is 2.49. The number of hydrogen-bond acceptors (Lipinski definition) is 2. The van der Waals surface area contributed by atoms with Crippen LogP contribution in [-0.4, -0.2) is 26.6 Å². The van der Waals surface area contributed by atoms with E-state index in [4.69, 9.17) is 9.53 Å². The predicted octanol–water partition coefficient (Wildman–Crippen LogP) is 3.50. The van der Waals surface area contributed by atoms with E-state index in [9.17, 15) is 0 Å². The fourth-order valence-electron chi connectivity index (χ4n) is 3.23. The summed E-state index contributed by atoms with van der Waals surface area (Å²) in [5.74, 6) is 0. The van der Waals surface area contributed by atoms with Crippen LogP contribution in [0.15, 0.2) is 72.8 Å². The van der Waals surface area contributed by atoms with Crippen LogP contribution in [0.1, 0.15) is 27.2 Å². The summed E-state index contributed by atoms with van der Waals surface area (Å²) in [5.41, 5.74) is 0. The highest BCUT2D eigenvalue weighted by atomic mass is 28.4. The van der Waals surface area contributed by atoms with Crippen molar-refractivity contribution >= 4 is 18.7 Å². The summed E-state index contributed by atoms with van der Waals surface area (Å²) in [5, 5.41) is 11.5. The van der Waals surface area contributed by atoms with E-state index in [0.717, 1.165) is 6.42 Å². The molecule has 0 unspecified atom stereocenters. The molecule has 128 valence electrons. The Bertz CT molecular complexity index is 590. The van der Waals surface area contributed by atoms with Gasteiger partial charge in [-0.05, 0) is 21.8 Å². The molecule has 0 aliphatic carbocycles. The molecule has 2 nitrogen and oxygen atoms in total. The van der Waals surface area contributed by atoms with Crippen LogP contribution in [0.2, 0.25) is 5.04 Å². The highest BCUT2D eigenvalue weighted by Crippen LogP contribution is 2.36. The minimum absolute atomic E-state index is 0.0103. The molecule has 2 rings (SSSR count). The average Bonchev–Trinajstić information content (AvgIpc) is 2.59. The molecule has 0 bridgehead atoms. The molecule has 0 saturated carbocycles. The predicted molar refractivity (Wildman–Crippen MR) is 104 cm³/mol. The van der Waals surface area contributed by atoms with E-state index < -0.39 is 8.32 Å². The van der Waals surface area contributed by atoms with Gasteiger partial charge >= 0.3 is 0 Å². The summed E-state index contributed by atoms with van der Waals surface area (Å²) in [6.45, 7) is 7.58. The lowest BCUT2D eigenvalue weighted by Gasteiger charge is -2.43. The molecular weight excluding hydrogens is 312 g/mol. The summed E-state index contributed by atoms with van der Waals surface area (Å²) in [4.78, 5) is 0. The van der Waals surface area contributed by atoms with Crippen molar-refractivity contribution in [2.75, 3.05) is 13.2 Å². The second kappa shape index (κ2) is 8.43. The smallest absolute Gasteiger partial charge is 0.261 e. The summed E-state index contributed by atoms with van der Waals surface area (Å²) >= 11 is 0. The molecule has 1 N–H and O–H groups in total. The Morgan fingerprint density at radius 3 is 1.79 bits per heavy atom. The van der Waals surface area contributed by atoms with Crippen molar-refractivity contribution in [1.29, 1.82) is 0 Å². The standard InChI is InChI=1S/C21H28O2Si/c1-21(2,3)24(19-13-7-4-8-14-19,20-15-9-5-10-16-20)23-18-12-6-11-17-22/h4-11,13-16,22H,12,17-18H2,1-3H3/b11-6-. The number of aliphatic hydroxyl groups excluding tert-OH is 1. The van der Waals surface area contributed by atoms with Gasteiger partial charge in [0, 0.05) is 6.61 Å². The van der Waals surface area contributed by atoms with Crippen LogP contribution in [0, 0.1) is 0 Å². The normalized spacial score (nSPS) is 12.7. The molecule has 0 spiro atoms. The summed E-state index contributed by atoms with van der Waals surface area (Å²) < 4.78 is 6.72. The van der Waals surface area contributed by atoms with E-state index in [1.54, 1.807) is 6.08 Å². The molecule has 0 aliphatic rings. The first-order valence-electron chi connectivity index (χ1n) is 8.53. The molecule has 0 radical (unpaired) electrons. The van der Waals surface area contributed by atoms with Crippen molar-refractivity contribution in [3.63, 3.8) is 0 Å². The lowest BCUT2D eigenvalue weighted by Crippen LogP contribution is -2.66. The van der Waals surface area contributed by atoms with Gasteiger partial charge in [-0.2, -0.15) is 0 Å². The minimum atomic E-state index is -2.41. The maximum atomic E-state index is 8.89. The summed E-state index contributed by atoms with van der Waals surface area (Å²) in [6, 6.07) is 21.3. The van der Waals surface area contributed by atoms with Crippen LogP contribution in [0.3, 0.4) is 0 Å². The summed E-state index contributed by atoms with van der Waals surface area (Å²) in [6.07, 6.45) is 4.57. The quantitative estimate of drug-likeness (QED) is 0.475. The van der Waals surface area contributed by atoms with Gasteiger partial charge in [-0.25, -0.2) is 0 Å². The molecule has 0 aliphatic heterocycles. The fourth-order valence-corrected chi connectivity index (χ4v) is 7.81. The largest absolute Gasteiger partial charge is 0.407 e. The Morgan fingerprint density at radius 1 is 0.875 bits per heavy atom. The van der Waals surface area contributed by atoms with Crippen LogP contribution in [0.5, 0.6) is 0 Å². The molecule has 24 heavy (non-hydrogen) atoms. The van der Waals surface area contributed by atoms with Gasteiger partial charge < -0.3 is 9.53 Å². The zero-order valence-electron chi connectivity index (χ0n) is 14.9. The van der Waals surface area contributed by atoms with E-state index >= 15 is 0 Å². The van der Waals surface area contributed by atoms with Crippen molar-refractivity contribution in [3.05, 3.63) is 72.8 Å². The van der Waals surface area contributed by atoms with E-state index in [0.29, 0.717) is 6.61 Å². The zero-order chi connectivity index (χ0) is 17.5. The molecular formula is C21H28O2Si. The van der Waals surface area contributed by atoms with E-state index in [1.165, 1.54) is 10.4 Å². The van der Waals surface area contributed by atoms with Gasteiger partial charge in [0.2, 0.25) is 0 Å². The van der Waals surface area contributed by atoms with Gasteiger partial charge in [-0.15, -0.1) is 0 Å². The van der Waals surface area contributed by atoms with E-state index in [-0.39, 0.29) is 11.6 Å². The van der Waals surface area contributed by atoms with Gasteiger partial charge in [0.05, 0.1) is 6.61 Å². The first kappa shape index (κ1) is 18.7. The Morgan fingerprint density at radius 2 is 1.38 bits per heavy atom. The zero-order valence-corrected chi connectivity index (χ0v) is 15.9. The highest BCUT2D eigenvalue weighted by molar-refractivity contribution is 6.99. The van der Waals surface area contributed by atoms with Crippen LogP contribution in [-0.2, 0) is 4.43 Å². The van der Waals surface area contributed by atoms with Crippen LogP contribution >= 0.6 is 0 Å². The fraction of sp³-hybridized carbons (Fsp3) is 0.333. The third kappa shape index (κ3) is 4.04. The third-order valence-corrected chi connectivity index (χ3v) is 9.33. The molecule has 0 fully saturated rings. The number of benzene rings is 2. The topological polar surface area (TPSA) is 29.5 Å². The van der Waals surface area contributed by atoms with Gasteiger partial charge in [0.15, 0.2) is 0 Å². The molecule has 2 aromatic carbocycles. The van der Waals surface area contributed by atoms with Crippen molar-refractivity contribution in [3.8, 4) is 0 Å². The molecule has 2 aromatic rings. The molecule has 0 amide bonds. The van der Waals surface area contributed by atoms with Gasteiger partial charge in [0.25, 0.3) is 8.32 Å².